The number of thiol groups is 1. The summed E-state index contributed by atoms with van der Waals surface area (Å²) in [6.07, 6.45) is 2.41. The van der Waals surface area contributed by atoms with Crippen molar-refractivity contribution in [1.82, 2.24) is 9.44 Å². The number of azo groups is 2. The summed E-state index contributed by atoms with van der Waals surface area (Å²) in [7, 11) is -1.29. The highest BCUT2D eigenvalue weighted by molar-refractivity contribution is 8.08. The molecular weight excluding hydrogens is 975 g/mol. The van der Waals surface area contributed by atoms with Crippen LogP contribution >= 0.6 is 24.4 Å². The minimum Gasteiger partial charge on any atom is -0.378 e. The lowest BCUT2D eigenvalue weighted by Crippen LogP contribution is -2.33. The van der Waals surface area contributed by atoms with Crippen molar-refractivity contribution in [1.29, 1.82) is 5.26 Å². The molecule has 366 valence electrons. The smallest absolute Gasteiger partial charge is 0.240 e. The molecule has 1 aliphatic heterocycles. The van der Waals surface area contributed by atoms with Crippen LogP contribution in [0.3, 0.4) is 0 Å². The van der Waals surface area contributed by atoms with E-state index in [0.717, 1.165) is 52.1 Å². The van der Waals surface area contributed by atoms with Gasteiger partial charge < -0.3 is 9.80 Å². The number of nitrogens with zero attached hydrogens (tertiary/aromatic N) is 7. The largest absolute Gasteiger partial charge is 0.378 e. The first-order chi connectivity index (χ1) is 33.4. The Morgan fingerprint density at radius 2 is 1.20 bits per heavy atom. The molecule has 2 atom stereocenters. The van der Waals surface area contributed by atoms with Gasteiger partial charge in [0.05, 0.1) is 49.4 Å². The molecule has 1 aliphatic rings. The van der Waals surface area contributed by atoms with Gasteiger partial charge in [0.25, 0.3) is 0 Å². The molecule has 13 nitrogen and oxygen atoms in total. The second kappa shape index (κ2) is 24.6. The molecule has 0 radical (unpaired) electrons. The summed E-state index contributed by atoms with van der Waals surface area (Å²) in [5.41, 5.74) is 6.42. The minimum absolute atomic E-state index is 0.0453. The number of benzene rings is 5. The van der Waals surface area contributed by atoms with Gasteiger partial charge in [-0.1, -0.05) is 36.1 Å². The van der Waals surface area contributed by atoms with Gasteiger partial charge in [-0.05, 0) is 141 Å². The zero-order chi connectivity index (χ0) is 50.4. The first kappa shape index (κ1) is 53.9. The molecule has 0 saturated heterocycles. The van der Waals surface area contributed by atoms with E-state index in [9.17, 15) is 22.1 Å². The monoisotopic (exact) mass is 1030 g/mol. The predicted molar refractivity (Wildman–Crippen MR) is 294 cm³/mol. The molecule has 1 heterocycles. The van der Waals surface area contributed by atoms with Crippen molar-refractivity contribution in [3.05, 3.63) is 139 Å². The van der Waals surface area contributed by atoms with E-state index in [4.69, 9.17) is 0 Å². The van der Waals surface area contributed by atoms with Gasteiger partial charge in [0.2, 0.25) is 20.0 Å². The van der Waals surface area contributed by atoms with Crippen molar-refractivity contribution < 1.29 is 16.8 Å². The Hall–Kier alpha value is -5.44. The molecule has 0 spiro atoms. The molecule has 70 heavy (non-hydrogen) atoms. The zero-order valence-corrected chi connectivity index (χ0v) is 44.5. The highest BCUT2D eigenvalue weighted by Gasteiger charge is 2.39. The van der Waals surface area contributed by atoms with Gasteiger partial charge >= 0.3 is 0 Å². The molecule has 0 aromatic heterocycles. The van der Waals surface area contributed by atoms with E-state index in [0.29, 0.717) is 34.3 Å². The SMILES string of the molecule is CN(C)c1ccc(N=Nc2ccc(S(=O)(=O)NCCS/C(=C/C#N)c3ccc(C[S+]4CC(C)(C)C#CC(C)(CCN(C)c5ccc(N=Nc6ccc(S(=O)(=O)NCCS)cc6)cc5)C4)cc3)cc2)cc1. The van der Waals surface area contributed by atoms with E-state index >= 15 is 0 Å². The molecule has 0 aliphatic carbocycles. The number of allylic oxidation sites excluding steroid dienone is 1. The van der Waals surface area contributed by atoms with Crippen molar-refractivity contribution in [2.75, 3.05) is 73.6 Å². The fourth-order valence-corrected chi connectivity index (χ4v) is 13.8. The topological polar surface area (TPSA) is 172 Å². The number of nitriles is 1. The molecule has 0 saturated carbocycles. The fourth-order valence-electron chi connectivity index (χ4n) is 7.34. The Bertz CT molecular complexity index is 2970. The summed E-state index contributed by atoms with van der Waals surface area (Å²) < 4.78 is 56.1. The van der Waals surface area contributed by atoms with Crippen molar-refractivity contribution >= 4 is 94.4 Å². The van der Waals surface area contributed by atoms with Crippen molar-refractivity contribution in [2.24, 2.45) is 31.3 Å². The lowest BCUT2D eigenvalue weighted by molar-refractivity contribution is 0.469. The molecule has 0 bridgehead atoms. The van der Waals surface area contributed by atoms with Gasteiger partial charge in [-0.25, -0.2) is 26.3 Å². The van der Waals surface area contributed by atoms with Gasteiger partial charge in [0.1, 0.15) is 17.3 Å². The molecule has 6 rings (SSSR count). The maximum Gasteiger partial charge on any atom is 0.240 e. The average molecular weight is 1040 g/mol. The number of thioether (sulfide) groups is 1. The Kier molecular flexibility index (Phi) is 18.9. The zero-order valence-electron chi connectivity index (χ0n) is 40.3. The number of sulfonamides is 2. The normalized spacial score (nSPS) is 17.2. The summed E-state index contributed by atoms with van der Waals surface area (Å²) in [6, 6.07) is 38.6. The van der Waals surface area contributed by atoms with Crippen LogP contribution < -0.4 is 19.2 Å². The van der Waals surface area contributed by atoms with Crippen LogP contribution in [0, 0.1) is 34.0 Å². The van der Waals surface area contributed by atoms with Crippen molar-refractivity contribution in [3.63, 3.8) is 0 Å². The van der Waals surface area contributed by atoms with Crippen LogP contribution in [0.15, 0.2) is 158 Å². The quantitative estimate of drug-likeness (QED) is 0.0153. The summed E-state index contributed by atoms with van der Waals surface area (Å²) in [4.78, 5) is 5.31. The van der Waals surface area contributed by atoms with E-state index in [1.54, 1.807) is 24.3 Å². The summed E-state index contributed by atoms with van der Waals surface area (Å²) in [6.45, 7) is 8.00. The summed E-state index contributed by atoms with van der Waals surface area (Å²) >= 11 is 5.49. The first-order valence-corrected chi connectivity index (χ1v) is 28.9. The van der Waals surface area contributed by atoms with Gasteiger partial charge in [0.15, 0.2) is 0 Å². The molecular formula is C52H60N9O4S5+. The number of nitrogens with one attached hydrogen (secondary N) is 2. The van der Waals surface area contributed by atoms with Crippen LogP contribution in [-0.4, -0.2) is 80.6 Å². The van der Waals surface area contributed by atoms with E-state index in [1.165, 1.54) is 47.7 Å². The number of hydrogen-bond donors (Lipinski definition) is 3. The molecule has 2 unspecified atom stereocenters. The second-order valence-corrected chi connectivity index (χ2v) is 25.1. The van der Waals surface area contributed by atoms with Crippen molar-refractivity contribution in [2.45, 2.75) is 42.7 Å². The molecule has 18 heteroatoms. The Labute approximate surface area is 427 Å². The summed E-state index contributed by atoms with van der Waals surface area (Å²) in [5, 5.41) is 26.8. The van der Waals surface area contributed by atoms with Crippen LogP contribution in [-0.2, 0) is 36.7 Å². The van der Waals surface area contributed by atoms with Crippen molar-refractivity contribution in [3.8, 4) is 17.9 Å². The molecule has 5 aromatic carbocycles. The van der Waals surface area contributed by atoms with Crippen LogP contribution in [0.5, 0.6) is 0 Å². The highest BCUT2D eigenvalue weighted by Crippen LogP contribution is 2.35. The lowest BCUT2D eigenvalue weighted by atomic mass is 9.87. The molecule has 0 fully saturated rings. The fraction of sp³-hybridized carbons (Fsp3) is 0.327. The number of rotatable bonds is 22. The van der Waals surface area contributed by atoms with Crippen LogP contribution in [0.25, 0.3) is 4.91 Å². The maximum absolute atomic E-state index is 13.1. The predicted octanol–water partition coefficient (Wildman–Crippen LogP) is 11.1. The Balaban J connectivity index is 0.981. The number of anilines is 2. The third-order valence-corrected chi connectivity index (χ3v) is 18.3. The van der Waals surface area contributed by atoms with Gasteiger partial charge in [0, 0.05) is 80.2 Å². The molecule has 2 N–H and O–H groups in total. The number of hydrogen-bond acceptors (Lipinski definition) is 13. The van der Waals surface area contributed by atoms with Gasteiger partial charge in [-0.2, -0.15) is 38.3 Å². The lowest BCUT2D eigenvalue weighted by Gasteiger charge is -2.27. The van der Waals surface area contributed by atoms with Crippen LogP contribution in [0.2, 0.25) is 0 Å². The summed E-state index contributed by atoms with van der Waals surface area (Å²) in [5.74, 6) is 11.1. The van der Waals surface area contributed by atoms with Crippen LogP contribution in [0.1, 0.15) is 38.3 Å². The Morgan fingerprint density at radius 1 is 0.714 bits per heavy atom. The van der Waals surface area contributed by atoms with E-state index in [-0.39, 0.29) is 44.6 Å². The average Bonchev–Trinajstić information content (AvgIpc) is 3.46. The van der Waals surface area contributed by atoms with Gasteiger partial charge in [-0.15, -0.1) is 11.8 Å². The van der Waals surface area contributed by atoms with Gasteiger partial charge in [-0.3, -0.25) is 0 Å². The van der Waals surface area contributed by atoms with E-state index in [2.05, 4.69) is 105 Å². The van der Waals surface area contributed by atoms with E-state index < -0.39 is 20.0 Å². The Morgan fingerprint density at radius 3 is 1.69 bits per heavy atom. The highest BCUT2D eigenvalue weighted by atomic mass is 32.2. The standard InChI is InChI=1S/C52H59N9O4S5/c1-51(2)28-29-52(3,30-34-61(6)47-21-13-43(14-22-47)57-59-44-15-23-48(24-16-44)69(62,63)54-32-35-66)39-68(38-51)37-40-7-9-41(10-8-40)50(27-31-53)67-36-33-55-70(64,65)49-25-17-45(18-26-49)58-56-42-11-19-46(20-12-42)60(4)5/h7-27,54-55H,30,32-39H2,1-6H3/p+1/b50-27+,58-56?,59-57?. The van der Waals surface area contributed by atoms with Crippen LogP contribution in [0.4, 0.5) is 34.1 Å². The molecule has 0 amide bonds. The minimum atomic E-state index is -3.76. The second-order valence-electron chi connectivity index (χ2n) is 17.9. The van der Waals surface area contributed by atoms with E-state index in [1.807, 2.05) is 79.7 Å². The maximum atomic E-state index is 13.1. The third kappa shape index (κ3) is 16.0. The third-order valence-electron chi connectivity index (χ3n) is 11.2. The first-order valence-electron chi connectivity index (χ1n) is 22.6. The molecule has 5 aromatic rings.